The van der Waals surface area contributed by atoms with E-state index in [2.05, 4.69) is 37.9 Å². The number of nitrogens with one attached hydrogen (secondary N) is 1. The van der Waals surface area contributed by atoms with Gasteiger partial charge in [0.05, 0.1) is 10.7 Å². The van der Waals surface area contributed by atoms with Gasteiger partial charge >= 0.3 is 0 Å². The summed E-state index contributed by atoms with van der Waals surface area (Å²) in [6.07, 6.45) is 9.31. The minimum absolute atomic E-state index is 0.291. The molecule has 1 aromatic heterocycles. The molecular formula is C17H24N2O. The van der Waals surface area contributed by atoms with Gasteiger partial charge in [0.2, 0.25) is 0 Å². The van der Waals surface area contributed by atoms with E-state index in [0.29, 0.717) is 23.0 Å². The Kier molecular flexibility index (Phi) is 3.31. The van der Waals surface area contributed by atoms with Crippen LogP contribution in [-0.2, 0) is 11.2 Å². The summed E-state index contributed by atoms with van der Waals surface area (Å²) < 4.78 is 0. The van der Waals surface area contributed by atoms with Crippen molar-refractivity contribution in [2.75, 3.05) is 0 Å². The molecule has 2 aliphatic rings. The normalized spacial score (nSPS) is 22.8. The summed E-state index contributed by atoms with van der Waals surface area (Å²) in [7, 11) is 0. The van der Waals surface area contributed by atoms with Crippen LogP contribution in [-0.4, -0.2) is 15.8 Å². The standard InChI is InChI=1S/C17H24N2O/c1-17(2,3)12-5-6-14-15(10-12)19-16(18-14)7-4-11-8-13(20)9-11/h6,10-12H,4-5,7-9H2,1-3H3,(H,18,19). The van der Waals surface area contributed by atoms with E-state index in [-0.39, 0.29) is 0 Å². The number of carbonyl (C=O) groups excluding carboxylic acids is 1. The molecule has 0 saturated heterocycles. The molecule has 0 radical (unpaired) electrons. The smallest absolute Gasteiger partial charge is 0.133 e. The molecule has 0 spiro atoms. The number of aromatic nitrogens is 2. The lowest BCUT2D eigenvalue weighted by Crippen LogP contribution is -2.32. The third-order valence-corrected chi connectivity index (χ3v) is 4.68. The van der Waals surface area contributed by atoms with E-state index in [9.17, 15) is 4.79 Å². The predicted octanol–water partition coefficient (Wildman–Crippen LogP) is 1.95. The number of fused-ring (bicyclic) bond motifs is 1. The lowest BCUT2D eigenvalue weighted by molar-refractivity contribution is -0.126. The third-order valence-electron chi connectivity index (χ3n) is 4.68. The molecule has 3 nitrogen and oxygen atoms in total. The van der Waals surface area contributed by atoms with Crippen LogP contribution >= 0.6 is 0 Å². The Hall–Kier alpha value is -1.38. The Morgan fingerprint density at radius 2 is 2.10 bits per heavy atom. The van der Waals surface area contributed by atoms with Crippen molar-refractivity contribution in [3.8, 4) is 0 Å². The molecule has 1 fully saturated rings. The van der Waals surface area contributed by atoms with E-state index in [0.717, 1.165) is 43.3 Å². The molecule has 0 amide bonds. The van der Waals surface area contributed by atoms with E-state index < -0.39 is 0 Å². The molecule has 1 unspecified atom stereocenters. The van der Waals surface area contributed by atoms with E-state index in [1.54, 1.807) is 0 Å². The van der Waals surface area contributed by atoms with Gasteiger partial charge in [0, 0.05) is 19.3 Å². The molecule has 20 heavy (non-hydrogen) atoms. The van der Waals surface area contributed by atoms with Gasteiger partial charge < -0.3 is 4.98 Å². The van der Waals surface area contributed by atoms with Gasteiger partial charge in [0.1, 0.15) is 11.6 Å². The SMILES string of the molecule is CC(C)(C)C1C=c2nc(CCC3CC(=O)C3)[nH]c2=CC1. The Balaban J connectivity index is 1.71. The van der Waals surface area contributed by atoms with Gasteiger partial charge in [-0.1, -0.05) is 32.9 Å². The zero-order valence-corrected chi connectivity index (χ0v) is 12.7. The second-order valence-electron chi connectivity index (χ2n) is 7.41. The lowest BCUT2D eigenvalue weighted by atomic mass is 9.77. The first-order valence-corrected chi connectivity index (χ1v) is 7.70. The van der Waals surface area contributed by atoms with Crippen molar-refractivity contribution in [1.29, 1.82) is 0 Å². The fraction of sp³-hybridized carbons (Fsp3) is 0.647. The van der Waals surface area contributed by atoms with Gasteiger partial charge in [-0.15, -0.1) is 0 Å². The molecule has 1 atom stereocenters. The molecule has 2 aliphatic carbocycles. The lowest BCUT2D eigenvalue weighted by Gasteiger charge is -2.27. The summed E-state index contributed by atoms with van der Waals surface area (Å²) in [5.41, 5.74) is 0.291. The van der Waals surface area contributed by atoms with Gasteiger partial charge in [0.15, 0.2) is 0 Å². The molecule has 0 aromatic carbocycles. The van der Waals surface area contributed by atoms with Crippen LogP contribution in [0.1, 0.15) is 52.3 Å². The second-order valence-corrected chi connectivity index (χ2v) is 7.41. The number of rotatable bonds is 3. The van der Waals surface area contributed by atoms with Crippen LogP contribution in [0.5, 0.6) is 0 Å². The summed E-state index contributed by atoms with van der Waals surface area (Å²) in [6, 6.07) is 0. The largest absolute Gasteiger partial charge is 0.342 e. The van der Waals surface area contributed by atoms with Crippen LogP contribution in [0.25, 0.3) is 12.2 Å². The van der Waals surface area contributed by atoms with Crippen LogP contribution in [0.4, 0.5) is 0 Å². The number of hydrogen-bond acceptors (Lipinski definition) is 2. The zero-order valence-electron chi connectivity index (χ0n) is 12.7. The Morgan fingerprint density at radius 1 is 1.35 bits per heavy atom. The maximum absolute atomic E-state index is 11.0. The van der Waals surface area contributed by atoms with Crippen molar-refractivity contribution in [2.24, 2.45) is 17.3 Å². The number of aromatic amines is 1. The van der Waals surface area contributed by atoms with E-state index in [1.807, 2.05) is 0 Å². The molecule has 0 bridgehead atoms. The number of ketones is 1. The maximum Gasteiger partial charge on any atom is 0.133 e. The molecule has 1 aromatic rings. The number of hydrogen-bond donors (Lipinski definition) is 1. The first kappa shape index (κ1) is 13.6. The van der Waals surface area contributed by atoms with E-state index in [4.69, 9.17) is 4.98 Å². The van der Waals surface area contributed by atoms with Crippen LogP contribution in [0.3, 0.4) is 0 Å². The highest BCUT2D eigenvalue weighted by atomic mass is 16.1. The second kappa shape index (κ2) is 4.87. The maximum atomic E-state index is 11.0. The fourth-order valence-electron chi connectivity index (χ4n) is 3.09. The molecule has 3 heteroatoms. The minimum Gasteiger partial charge on any atom is -0.342 e. The molecule has 0 aliphatic heterocycles. The monoisotopic (exact) mass is 272 g/mol. The minimum atomic E-state index is 0.291. The number of imidazole rings is 1. The molecule has 3 rings (SSSR count). The topological polar surface area (TPSA) is 45.8 Å². The number of nitrogens with zero attached hydrogens (tertiary/aromatic N) is 1. The fourth-order valence-corrected chi connectivity index (χ4v) is 3.09. The van der Waals surface area contributed by atoms with Crippen molar-refractivity contribution in [3.05, 3.63) is 16.5 Å². The van der Waals surface area contributed by atoms with Gasteiger partial charge in [0.25, 0.3) is 0 Å². The summed E-state index contributed by atoms with van der Waals surface area (Å²) in [4.78, 5) is 19.2. The average molecular weight is 272 g/mol. The van der Waals surface area contributed by atoms with Crippen LogP contribution < -0.4 is 10.7 Å². The van der Waals surface area contributed by atoms with Gasteiger partial charge in [-0.05, 0) is 30.1 Å². The summed E-state index contributed by atoms with van der Waals surface area (Å²) in [5.74, 6) is 2.66. The third kappa shape index (κ3) is 2.72. The first-order valence-electron chi connectivity index (χ1n) is 7.70. The van der Waals surface area contributed by atoms with Gasteiger partial charge in [-0.3, -0.25) is 4.79 Å². The predicted molar refractivity (Wildman–Crippen MR) is 80.4 cm³/mol. The number of Topliss-reactive ketones (excluding diaryl/α,β-unsaturated/α-hetero) is 1. The van der Waals surface area contributed by atoms with E-state index in [1.165, 1.54) is 5.35 Å². The van der Waals surface area contributed by atoms with Crippen LogP contribution in [0.15, 0.2) is 0 Å². The highest BCUT2D eigenvalue weighted by Crippen LogP contribution is 2.31. The summed E-state index contributed by atoms with van der Waals surface area (Å²) in [6.45, 7) is 6.86. The van der Waals surface area contributed by atoms with Crippen LogP contribution in [0.2, 0.25) is 0 Å². The first-order chi connectivity index (χ1) is 9.41. The van der Waals surface area contributed by atoms with Crippen molar-refractivity contribution < 1.29 is 4.79 Å². The zero-order chi connectivity index (χ0) is 14.3. The Bertz CT molecular complexity index is 625. The summed E-state index contributed by atoms with van der Waals surface area (Å²) >= 11 is 0. The molecule has 1 heterocycles. The average Bonchev–Trinajstić information content (AvgIpc) is 2.73. The number of H-pyrrole nitrogens is 1. The number of carbonyl (C=O) groups is 1. The summed E-state index contributed by atoms with van der Waals surface area (Å²) in [5, 5.41) is 2.31. The van der Waals surface area contributed by atoms with Gasteiger partial charge in [-0.2, -0.15) is 0 Å². The van der Waals surface area contributed by atoms with Crippen molar-refractivity contribution in [1.82, 2.24) is 9.97 Å². The van der Waals surface area contributed by atoms with Crippen LogP contribution in [0, 0.1) is 17.3 Å². The van der Waals surface area contributed by atoms with Crippen molar-refractivity contribution in [3.63, 3.8) is 0 Å². The highest BCUT2D eigenvalue weighted by molar-refractivity contribution is 5.84. The van der Waals surface area contributed by atoms with Gasteiger partial charge in [-0.25, -0.2) is 4.98 Å². The quantitative estimate of drug-likeness (QED) is 0.914. The Labute approximate surface area is 120 Å². The highest BCUT2D eigenvalue weighted by Gasteiger charge is 2.26. The van der Waals surface area contributed by atoms with E-state index >= 15 is 0 Å². The van der Waals surface area contributed by atoms with Crippen molar-refractivity contribution in [2.45, 2.75) is 52.9 Å². The number of aryl methyl sites for hydroxylation is 1. The molecular weight excluding hydrogens is 248 g/mol. The van der Waals surface area contributed by atoms with Crippen molar-refractivity contribution >= 4 is 17.9 Å². The Morgan fingerprint density at radius 3 is 2.75 bits per heavy atom. The molecule has 108 valence electrons. The molecule has 1 saturated carbocycles. The molecule has 1 N–H and O–H groups in total.